The van der Waals surface area contributed by atoms with E-state index in [1.54, 1.807) is 16.4 Å². The Kier molecular flexibility index (Phi) is 5.64. The molecule has 0 aliphatic carbocycles. The number of hydrogen-bond donors (Lipinski definition) is 0. The van der Waals surface area contributed by atoms with Gasteiger partial charge in [-0.15, -0.1) is 0 Å². The second-order valence-corrected chi connectivity index (χ2v) is 7.85. The summed E-state index contributed by atoms with van der Waals surface area (Å²) in [5, 5.41) is 0.708. The summed E-state index contributed by atoms with van der Waals surface area (Å²) >= 11 is 3.44. The summed E-state index contributed by atoms with van der Waals surface area (Å²) in [5.74, 6) is 0. The molecule has 1 aromatic rings. The molecule has 1 fully saturated rings. The summed E-state index contributed by atoms with van der Waals surface area (Å²) in [6.07, 6.45) is 5.07. The van der Waals surface area contributed by atoms with Gasteiger partial charge in [-0.1, -0.05) is 47.8 Å². The lowest BCUT2D eigenvalue weighted by Gasteiger charge is -2.33. The number of alkyl halides is 1. The van der Waals surface area contributed by atoms with Crippen molar-refractivity contribution in [2.75, 3.05) is 11.9 Å². The maximum atomic E-state index is 12.7. The molecule has 1 aromatic carbocycles. The molecule has 1 unspecified atom stereocenters. The number of hydrogen-bond acceptors (Lipinski definition) is 2. The first kappa shape index (κ1) is 16.0. The van der Waals surface area contributed by atoms with E-state index in [1.165, 1.54) is 5.56 Å². The molecule has 2 rings (SSSR count). The average molecular weight is 360 g/mol. The Morgan fingerprint density at radius 2 is 1.95 bits per heavy atom. The van der Waals surface area contributed by atoms with Crippen molar-refractivity contribution in [3.63, 3.8) is 0 Å². The van der Waals surface area contributed by atoms with Crippen molar-refractivity contribution in [2.24, 2.45) is 0 Å². The van der Waals surface area contributed by atoms with Crippen LogP contribution in [0.25, 0.3) is 0 Å². The van der Waals surface area contributed by atoms with Crippen molar-refractivity contribution < 1.29 is 8.42 Å². The second-order valence-electron chi connectivity index (χ2n) is 5.31. The van der Waals surface area contributed by atoms with E-state index in [0.717, 1.165) is 32.1 Å². The lowest BCUT2D eigenvalue weighted by atomic mass is 10.1. The topological polar surface area (TPSA) is 37.4 Å². The van der Waals surface area contributed by atoms with Crippen molar-refractivity contribution in [3.05, 3.63) is 29.8 Å². The van der Waals surface area contributed by atoms with Gasteiger partial charge < -0.3 is 0 Å². The van der Waals surface area contributed by atoms with Crippen molar-refractivity contribution >= 4 is 26.0 Å². The second kappa shape index (κ2) is 7.05. The normalized spacial score (nSPS) is 21.0. The molecule has 0 N–H and O–H groups in total. The summed E-state index contributed by atoms with van der Waals surface area (Å²) in [6, 6.07) is 7.46. The number of piperidine rings is 1. The zero-order valence-corrected chi connectivity index (χ0v) is 14.3. The third kappa shape index (κ3) is 3.43. The van der Waals surface area contributed by atoms with E-state index in [4.69, 9.17) is 0 Å². The Hall–Kier alpha value is -0.390. The van der Waals surface area contributed by atoms with Crippen LogP contribution in [0.2, 0.25) is 0 Å². The van der Waals surface area contributed by atoms with Gasteiger partial charge in [-0.2, -0.15) is 4.31 Å². The smallest absolute Gasteiger partial charge is 0.207 e. The van der Waals surface area contributed by atoms with Gasteiger partial charge in [-0.25, -0.2) is 8.42 Å². The van der Waals surface area contributed by atoms with Gasteiger partial charge in [0.05, 0.1) is 4.90 Å². The van der Waals surface area contributed by atoms with Crippen molar-refractivity contribution in [3.8, 4) is 0 Å². The van der Waals surface area contributed by atoms with Crippen LogP contribution in [-0.2, 0) is 16.4 Å². The first-order valence-electron chi connectivity index (χ1n) is 7.26. The van der Waals surface area contributed by atoms with Crippen LogP contribution >= 0.6 is 15.9 Å². The van der Waals surface area contributed by atoms with Crippen LogP contribution in [0.5, 0.6) is 0 Å². The lowest BCUT2D eigenvalue weighted by molar-refractivity contribution is 0.273. The molecular weight excluding hydrogens is 338 g/mol. The summed E-state index contributed by atoms with van der Waals surface area (Å²) in [5.41, 5.74) is 1.20. The van der Waals surface area contributed by atoms with E-state index in [0.29, 0.717) is 16.8 Å². The lowest BCUT2D eigenvalue weighted by Crippen LogP contribution is -2.44. The predicted molar refractivity (Wildman–Crippen MR) is 85.8 cm³/mol. The number of rotatable bonds is 5. The molecule has 0 radical (unpaired) electrons. The number of aryl methyl sites for hydroxylation is 1. The fourth-order valence-corrected chi connectivity index (χ4v) is 5.25. The summed E-state index contributed by atoms with van der Waals surface area (Å²) in [4.78, 5) is 0.421. The number of benzene rings is 1. The van der Waals surface area contributed by atoms with Gasteiger partial charge in [0, 0.05) is 17.9 Å². The molecule has 0 bridgehead atoms. The average Bonchev–Trinajstić information content (AvgIpc) is 2.48. The van der Waals surface area contributed by atoms with Crippen molar-refractivity contribution in [2.45, 2.75) is 50.0 Å². The minimum absolute atomic E-state index is 0.0871. The first-order chi connectivity index (χ1) is 9.59. The van der Waals surface area contributed by atoms with Gasteiger partial charge in [0.2, 0.25) is 10.0 Å². The number of nitrogens with zero attached hydrogens (tertiary/aromatic N) is 1. The standard InChI is InChI=1S/C15H22BrNO2S/c1-2-5-13-7-9-15(10-8-13)20(18,19)17-11-4-3-6-14(17)12-16/h7-10,14H,2-6,11-12H2,1H3. The van der Waals surface area contributed by atoms with Crippen LogP contribution in [0.3, 0.4) is 0 Å². The highest BCUT2D eigenvalue weighted by atomic mass is 79.9. The van der Waals surface area contributed by atoms with Crippen LogP contribution in [0.4, 0.5) is 0 Å². The maximum absolute atomic E-state index is 12.7. The zero-order valence-electron chi connectivity index (χ0n) is 11.9. The summed E-state index contributed by atoms with van der Waals surface area (Å²) in [7, 11) is -3.35. The van der Waals surface area contributed by atoms with Crippen LogP contribution in [0.15, 0.2) is 29.2 Å². The Morgan fingerprint density at radius 1 is 1.25 bits per heavy atom. The Labute approximate surface area is 130 Å². The van der Waals surface area contributed by atoms with E-state index >= 15 is 0 Å². The van der Waals surface area contributed by atoms with E-state index in [2.05, 4.69) is 22.9 Å². The minimum atomic E-state index is -3.35. The van der Waals surface area contributed by atoms with Crippen LogP contribution in [0, 0.1) is 0 Å². The van der Waals surface area contributed by atoms with Gasteiger partial charge in [0.25, 0.3) is 0 Å². The summed E-state index contributed by atoms with van der Waals surface area (Å²) in [6.45, 7) is 2.76. The molecule has 3 nitrogen and oxygen atoms in total. The van der Waals surface area contributed by atoms with Gasteiger partial charge in [-0.3, -0.25) is 0 Å². The van der Waals surface area contributed by atoms with Crippen LogP contribution < -0.4 is 0 Å². The van der Waals surface area contributed by atoms with Crippen LogP contribution in [0.1, 0.15) is 38.2 Å². The molecule has 1 atom stereocenters. The zero-order chi connectivity index (χ0) is 14.6. The molecular formula is C15H22BrNO2S. The largest absolute Gasteiger partial charge is 0.243 e. The molecule has 112 valence electrons. The molecule has 1 saturated heterocycles. The van der Waals surface area contributed by atoms with Gasteiger partial charge in [0.15, 0.2) is 0 Å². The van der Waals surface area contributed by atoms with Gasteiger partial charge in [0.1, 0.15) is 0 Å². The number of sulfonamides is 1. The number of halogens is 1. The van der Waals surface area contributed by atoms with E-state index in [1.807, 2.05) is 12.1 Å². The van der Waals surface area contributed by atoms with Gasteiger partial charge >= 0.3 is 0 Å². The van der Waals surface area contributed by atoms with E-state index < -0.39 is 10.0 Å². The van der Waals surface area contributed by atoms with E-state index in [9.17, 15) is 8.42 Å². The van der Waals surface area contributed by atoms with Crippen molar-refractivity contribution in [1.82, 2.24) is 4.31 Å². The predicted octanol–water partition coefficient (Wildman–Crippen LogP) is 3.58. The monoisotopic (exact) mass is 359 g/mol. The minimum Gasteiger partial charge on any atom is -0.207 e. The highest BCUT2D eigenvalue weighted by molar-refractivity contribution is 9.09. The molecule has 5 heteroatoms. The third-order valence-corrected chi connectivity index (χ3v) is 6.53. The quantitative estimate of drug-likeness (QED) is 0.753. The molecule has 0 saturated carbocycles. The van der Waals surface area contributed by atoms with Crippen LogP contribution in [-0.4, -0.2) is 30.6 Å². The Balaban J connectivity index is 2.24. The Morgan fingerprint density at radius 3 is 2.55 bits per heavy atom. The van der Waals surface area contributed by atoms with E-state index in [-0.39, 0.29) is 6.04 Å². The fraction of sp³-hybridized carbons (Fsp3) is 0.600. The molecule has 0 aromatic heterocycles. The van der Waals surface area contributed by atoms with Crippen molar-refractivity contribution in [1.29, 1.82) is 0 Å². The molecule has 1 heterocycles. The highest BCUT2D eigenvalue weighted by Crippen LogP contribution is 2.26. The molecule has 0 spiro atoms. The Bertz CT molecular complexity index is 527. The molecule has 20 heavy (non-hydrogen) atoms. The maximum Gasteiger partial charge on any atom is 0.243 e. The highest BCUT2D eigenvalue weighted by Gasteiger charge is 2.32. The molecule has 0 amide bonds. The van der Waals surface area contributed by atoms with Gasteiger partial charge in [-0.05, 0) is 37.0 Å². The molecule has 1 aliphatic rings. The summed E-state index contributed by atoms with van der Waals surface area (Å²) < 4.78 is 27.1. The fourth-order valence-electron chi connectivity index (χ4n) is 2.70. The molecule has 1 aliphatic heterocycles. The third-order valence-electron chi connectivity index (χ3n) is 3.82. The SMILES string of the molecule is CCCc1ccc(S(=O)(=O)N2CCCCC2CBr)cc1. The first-order valence-corrected chi connectivity index (χ1v) is 9.82.